The van der Waals surface area contributed by atoms with E-state index in [1.54, 1.807) is 11.3 Å². The first-order chi connectivity index (χ1) is 8.65. The minimum absolute atomic E-state index is 0.208. The summed E-state index contributed by atoms with van der Waals surface area (Å²) < 4.78 is 0. The topological polar surface area (TPSA) is 50.2 Å². The molecule has 0 atom stereocenters. The van der Waals surface area contributed by atoms with Crippen molar-refractivity contribution < 1.29 is 9.90 Å². The SMILES string of the molecule is Cc1cccc(-c2csc(CCCC(=O)O)n2)c1. The Morgan fingerprint density at radius 1 is 1.44 bits per heavy atom. The van der Waals surface area contributed by atoms with Crippen LogP contribution in [0.2, 0.25) is 0 Å². The minimum atomic E-state index is -0.745. The summed E-state index contributed by atoms with van der Waals surface area (Å²) in [5.74, 6) is -0.745. The van der Waals surface area contributed by atoms with Crippen LogP contribution in [0.15, 0.2) is 29.6 Å². The number of carboxylic acid groups (broad SMARTS) is 1. The molecule has 4 heteroatoms. The maximum atomic E-state index is 10.4. The zero-order valence-corrected chi connectivity index (χ0v) is 11.0. The van der Waals surface area contributed by atoms with Gasteiger partial charge in [0.05, 0.1) is 10.7 Å². The largest absolute Gasteiger partial charge is 0.481 e. The molecule has 0 spiro atoms. The molecule has 0 saturated carbocycles. The number of hydrogen-bond donors (Lipinski definition) is 1. The van der Waals surface area contributed by atoms with Gasteiger partial charge in [0.1, 0.15) is 0 Å². The lowest BCUT2D eigenvalue weighted by Crippen LogP contribution is -1.95. The molecule has 0 unspecified atom stereocenters. The molecule has 1 aromatic carbocycles. The third kappa shape index (κ3) is 3.40. The molecule has 18 heavy (non-hydrogen) atoms. The van der Waals surface area contributed by atoms with Crippen LogP contribution in [-0.4, -0.2) is 16.1 Å². The molecule has 1 aromatic heterocycles. The standard InChI is InChI=1S/C14H15NO2S/c1-10-4-2-5-11(8-10)12-9-18-13(15-12)6-3-7-14(16)17/h2,4-5,8-9H,3,6-7H2,1H3,(H,16,17). The van der Waals surface area contributed by atoms with Crippen LogP contribution in [0, 0.1) is 6.92 Å². The fourth-order valence-electron chi connectivity index (χ4n) is 1.75. The Labute approximate surface area is 110 Å². The summed E-state index contributed by atoms with van der Waals surface area (Å²) in [6, 6.07) is 8.23. The van der Waals surface area contributed by atoms with E-state index in [1.807, 2.05) is 17.5 Å². The molecule has 94 valence electrons. The highest BCUT2D eigenvalue weighted by Crippen LogP contribution is 2.23. The van der Waals surface area contributed by atoms with Crippen LogP contribution >= 0.6 is 11.3 Å². The Hall–Kier alpha value is -1.68. The molecule has 2 aromatic rings. The van der Waals surface area contributed by atoms with Crippen molar-refractivity contribution in [2.45, 2.75) is 26.2 Å². The van der Waals surface area contributed by atoms with Crippen molar-refractivity contribution in [2.24, 2.45) is 0 Å². The number of carbonyl (C=O) groups is 1. The van der Waals surface area contributed by atoms with Crippen molar-refractivity contribution >= 4 is 17.3 Å². The molecule has 0 radical (unpaired) electrons. The molecule has 0 saturated heterocycles. The number of aryl methyl sites for hydroxylation is 2. The summed E-state index contributed by atoms with van der Waals surface area (Å²) in [5, 5.41) is 11.6. The first kappa shape index (κ1) is 12.8. The number of benzene rings is 1. The Kier molecular flexibility index (Phi) is 4.10. The normalized spacial score (nSPS) is 10.5. The van der Waals surface area contributed by atoms with E-state index in [-0.39, 0.29) is 6.42 Å². The molecule has 0 aliphatic heterocycles. The summed E-state index contributed by atoms with van der Waals surface area (Å²) in [6.07, 6.45) is 1.60. The van der Waals surface area contributed by atoms with Gasteiger partial charge in [0, 0.05) is 17.4 Å². The Balaban J connectivity index is 2.04. The molecule has 1 heterocycles. The highest BCUT2D eigenvalue weighted by molar-refractivity contribution is 7.09. The predicted molar refractivity (Wildman–Crippen MR) is 72.9 cm³/mol. The van der Waals surface area contributed by atoms with Gasteiger partial charge in [-0.15, -0.1) is 11.3 Å². The Morgan fingerprint density at radius 3 is 3.00 bits per heavy atom. The molecule has 3 nitrogen and oxygen atoms in total. The van der Waals surface area contributed by atoms with Crippen molar-refractivity contribution in [2.75, 3.05) is 0 Å². The second-order valence-corrected chi connectivity index (χ2v) is 5.19. The number of aliphatic carboxylic acids is 1. The van der Waals surface area contributed by atoms with E-state index in [1.165, 1.54) is 5.56 Å². The van der Waals surface area contributed by atoms with Gasteiger partial charge in [0.15, 0.2) is 0 Å². The zero-order chi connectivity index (χ0) is 13.0. The molecule has 0 aliphatic rings. The molecule has 2 rings (SSSR count). The number of carboxylic acids is 1. The highest BCUT2D eigenvalue weighted by atomic mass is 32.1. The molecule has 0 aliphatic carbocycles. The van der Waals surface area contributed by atoms with Crippen molar-refractivity contribution in [3.05, 3.63) is 40.2 Å². The number of nitrogens with zero attached hydrogens (tertiary/aromatic N) is 1. The van der Waals surface area contributed by atoms with E-state index in [0.29, 0.717) is 6.42 Å². The second-order valence-electron chi connectivity index (χ2n) is 4.24. The average molecular weight is 261 g/mol. The smallest absolute Gasteiger partial charge is 0.303 e. The van der Waals surface area contributed by atoms with Crippen LogP contribution in [0.1, 0.15) is 23.4 Å². The number of rotatable bonds is 5. The van der Waals surface area contributed by atoms with Gasteiger partial charge in [0.25, 0.3) is 0 Å². The molecule has 0 amide bonds. The van der Waals surface area contributed by atoms with Gasteiger partial charge >= 0.3 is 5.97 Å². The van der Waals surface area contributed by atoms with Crippen LogP contribution in [0.25, 0.3) is 11.3 Å². The number of thiazole rings is 1. The summed E-state index contributed by atoms with van der Waals surface area (Å²) in [6.45, 7) is 2.06. The predicted octanol–water partition coefficient (Wildman–Crippen LogP) is 3.53. The molecule has 0 bridgehead atoms. The van der Waals surface area contributed by atoms with Crippen molar-refractivity contribution in [3.63, 3.8) is 0 Å². The fraction of sp³-hybridized carbons (Fsp3) is 0.286. The van der Waals surface area contributed by atoms with E-state index in [4.69, 9.17) is 5.11 Å². The van der Waals surface area contributed by atoms with E-state index < -0.39 is 5.97 Å². The van der Waals surface area contributed by atoms with Gasteiger partial charge in [-0.25, -0.2) is 4.98 Å². The van der Waals surface area contributed by atoms with Gasteiger partial charge < -0.3 is 5.11 Å². The quantitative estimate of drug-likeness (QED) is 0.895. The average Bonchev–Trinajstić information content (AvgIpc) is 2.77. The first-order valence-corrected chi connectivity index (χ1v) is 6.76. The van der Waals surface area contributed by atoms with E-state index in [2.05, 4.69) is 24.0 Å². The van der Waals surface area contributed by atoms with E-state index >= 15 is 0 Å². The lowest BCUT2D eigenvalue weighted by Gasteiger charge is -1.98. The van der Waals surface area contributed by atoms with Crippen LogP contribution < -0.4 is 0 Å². The number of aromatic nitrogens is 1. The lowest BCUT2D eigenvalue weighted by molar-refractivity contribution is -0.137. The summed E-state index contributed by atoms with van der Waals surface area (Å²) in [4.78, 5) is 15.0. The van der Waals surface area contributed by atoms with Crippen LogP contribution in [0.5, 0.6) is 0 Å². The zero-order valence-electron chi connectivity index (χ0n) is 10.2. The van der Waals surface area contributed by atoms with Crippen LogP contribution in [-0.2, 0) is 11.2 Å². The lowest BCUT2D eigenvalue weighted by atomic mass is 10.1. The fourth-order valence-corrected chi connectivity index (χ4v) is 2.60. The maximum Gasteiger partial charge on any atom is 0.303 e. The van der Waals surface area contributed by atoms with Crippen molar-refractivity contribution in [3.8, 4) is 11.3 Å². The maximum absolute atomic E-state index is 10.4. The monoisotopic (exact) mass is 261 g/mol. The number of hydrogen-bond acceptors (Lipinski definition) is 3. The minimum Gasteiger partial charge on any atom is -0.481 e. The first-order valence-electron chi connectivity index (χ1n) is 5.88. The second kappa shape index (κ2) is 5.78. The molecular formula is C14H15NO2S. The van der Waals surface area contributed by atoms with Gasteiger partial charge in [-0.3, -0.25) is 4.79 Å². The van der Waals surface area contributed by atoms with Gasteiger partial charge in [-0.1, -0.05) is 23.8 Å². The Bertz CT molecular complexity index is 548. The third-order valence-electron chi connectivity index (χ3n) is 2.65. The summed E-state index contributed by atoms with van der Waals surface area (Å²) in [7, 11) is 0. The van der Waals surface area contributed by atoms with Crippen LogP contribution in [0.4, 0.5) is 0 Å². The third-order valence-corrected chi connectivity index (χ3v) is 3.56. The molecule has 1 N–H and O–H groups in total. The highest BCUT2D eigenvalue weighted by Gasteiger charge is 2.05. The van der Waals surface area contributed by atoms with E-state index in [0.717, 1.165) is 22.7 Å². The van der Waals surface area contributed by atoms with E-state index in [9.17, 15) is 4.79 Å². The van der Waals surface area contributed by atoms with Crippen molar-refractivity contribution in [1.82, 2.24) is 4.98 Å². The van der Waals surface area contributed by atoms with Gasteiger partial charge in [-0.05, 0) is 25.8 Å². The van der Waals surface area contributed by atoms with Crippen LogP contribution in [0.3, 0.4) is 0 Å². The summed E-state index contributed by atoms with van der Waals surface area (Å²) >= 11 is 1.60. The summed E-state index contributed by atoms with van der Waals surface area (Å²) in [5.41, 5.74) is 3.32. The molecular weight excluding hydrogens is 246 g/mol. The van der Waals surface area contributed by atoms with Gasteiger partial charge in [-0.2, -0.15) is 0 Å². The molecule has 0 fully saturated rings. The van der Waals surface area contributed by atoms with Crippen molar-refractivity contribution in [1.29, 1.82) is 0 Å². The Morgan fingerprint density at radius 2 is 2.28 bits per heavy atom. The van der Waals surface area contributed by atoms with Gasteiger partial charge in [0.2, 0.25) is 0 Å².